The van der Waals surface area contributed by atoms with Crippen LogP contribution in [0.1, 0.15) is 15.9 Å². The van der Waals surface area contributed by atoms with Crippen molar-refractivity contribution < 1.29 is 18.8 Å². The Kier molecular flexibility index (Phi) is 5.68. The van der Waals surface area contributed by atoms with Crippen LogP contribution in [0.15, 0.2) is 65.6 Å². The molecule has 9 heteroatoms. The number of hydrogen-bond donors (Lipinski definition) is 1. The van der Waals surface area contributed by atoms with Crippen molar-refractivity contribution in [3.05, 3.63) is 98.2 Å². The first kappa shape index (κ1) is 19.7. The number of carbonyl (C=O) groups is 1. The van der Waals surface area contributed by atoms with Crippen LogP contribution in [0, 0.1) is 15.9 Å². The van der Waals surface area contributed by atoms with E-state index in [2.05, 4.69) is 5.32 Å². The lowest BCUT2D eigenvalue weighted by atomic mass is 10.2. The molecule has 0 bridgehead atoms. The lowest BCUT2D eigenvalue weighted by Crippen LogP contribution is -2.22. The highest BCUT2D eigenvalue weighted by atomic mass is 19.1. The number of ether oxygens (including phenoxy) is 1. The lowest BCUT2D eigenvalue weighted by molar-refractivity contribution is -0.384. The molecule has 29 heavy (non-hydrogen) atoms. The molecular formula is C20H16FN3O5. The molecule has 1 amide bonds. The number of nitro groups is 1. The molecular weight excluding hydrogens is 381 g/mol. The maximum atomic E-state index is 13.0. The summed E-state index contributed by atoms with van der Waals surface area (Å²) < 4.78 is 19.5. The van der Waals surface area contributed by atoms with Crippen LogP contribution in [0.4, 0.5) is 15.8 Å². The molecule has 0 fully saturated rings. The first-order valence-corrected chi connectivity index (χ1v) is 8.46. The second kappa shape index (κ2) is 8.34. The number of aromatic nitrogens is 1. The number of hydrogen-bond acceptors (Lipinski definition) is 5. The maximum Gasteiger partial charge on any atom is 0.271 e. The van der Waals surface area contributed by atoms with E-state index in [1.807, 2.05) is 0 Å². The molecule has 3 rings (SSSR count). The van der Waals surface area contributed by atoms with Gasteiger partial charge < -0.3 is 14.6 Å². The molecule has 0 unspecified atom stereocenters. The van der Waals surface area contributed by atoms with Crippen LogP contribution in [-0.2, 0) is 6.54 Å². The van der Waals surface area contributed by atoms with Gasteiger partial charge >= 0.3 is 0 Å². The van der Waals surface area contributed by atoms with Crippen molar-refractivity contribution in [1.82, 2.24) is 4.57 Å². The maximum absolute atomic E-state index is 13.0. The molecule has 1 N–H and O–H groups in total. The topological polar surface area (TPSA) is 103 Å². The molecule has 148 valence electrons. The number of halogens is 1. The van der Waals surface area contributed by atoms with Gasteiger partial charge in [-0.25, -0.2) is 4.39 Å². The Labute approximate surface area is 164 Å². The number of carbonyl (C=O) groups excluding carboxylic acids is 1. The molecule has 0 aliphatic carbocycles. The van der Waals surface area contributed by atoms with Crippen molar-refractivity contribution in [3.63, 3.8) is 0 Å². The normalized spacial score (nSPS) is 10.4. The fraction of sp³-hybridized carbons (Fsp3) is 0.100. The van der Waals surface area contributed by atoms with Gasteiger partial charge in [-0.05, 0) is 29.8 Å². The molecule has 0 aliphatic heterocycles. The van der Waals surface area contributed by atoms with E-state index in [1.54, 1.807) is 12.1 Å². The number of nitrogens with one attached hydrogen (secondary N) is 1. The third-order valence-electron chi connectivity index (χ3n) is 4.15. The fourth-order valence-corrected chi connectivity index (χ4v) is 2.68. The van der Waals surface area contributed by atoms with Gasteiger partial charge in [0, 0.05) is 24.4 Å². The summed E-state index contributed by atoms with van der Waals surface area (Å²) in [6.07, 6.45) is 1.37. The minimum absolute atomic E-state index is 0.128. The quantitative estimate of drug-likeness (QED) is 0.508. The second-order valence-corrected chi connectivity index (χ2v) is 6.11. The van der Waals surface area contributed by atoms with Crippen molar-refractivity contribution >= 4 is 17.3 Å². The Morgan fingerprint density at radius 2 is 1.90 bits per heavy atom. The summed E-state index contributed by atoms with van der Waals surface area (Å²) >= 11 is 0. The van der Waals surface area contributed by atoms with Crippen molar-refractivity contribution in [2.75, 3.05) is 12.4 Å². The van der Waals surface area contributed by atoms with Gasteiger partial charge in [0.25, 0.3) is 17.2 Å². The zero-order chi connectivity index (χ0) is 21.0. The largest absolute Gasteiger partial charge is 0.495 e. The highest BCUT2D eigenvalue weighted by Crippen LogP contribution is 2.29. The van der Waals surface area contributed by atoms with Crippen molar-refractivity contribution in [2.24, 2.45) is 0 Å². The van der Waals surface area contributed by atoms with Gasteiger partial charge in [0.2, 0.25) is 0 Å². The Balaban J connectivity index is 1.86. The molecule has 3 aromatic rings. The Hall–Kier alpha value is -4.01. The summed E-state index contributed by atoms with van der Waals surface area (Å²) in [5.74, 6) is -0.708. The highest BCUT2D eigenvalue weighted by Gasteiger charge is 2.15. The van der Waals surface area contributed by atoms with E-state index in [0.29, 0.717) is 5.56 Å². The van der Waals surface area contributed by atoms with Crippen LogP contribution in [0.5, 0.6) is 5.75 Å². The summed E-state index contributed by atoms with van der Waals surface area (Å²) in [7, 11) is 1.37. The lowest BCUT2D eigenvalue weighted by Gasteiger charge is -2.11. The number of non-ortho nitro benzene ring substituents is 1. The summed E-state index contributed by atoms with van der Waals surface area (Å²) in [5.41, 5.74) is 0.441. The number of rotatable bonds is 6. The first-order chi connectivity index (χ1) is 13.9. The molecule has 0 saturated carbocycles. The average Bonchev–Trinajstić information content (AvgIpc) is 2.71. The summed E-state index contributed by atoms with van der Waals surface area (Å²) in [5, 5.41) is 13.5. The van der Waals surface area contributed by atoms with Crippen molar-refractivity contribution in [3.8, 4) is 5.75 Å². The van der Waals surface area contributed by atoms with E-state index in [4.69, 9.17) is 4.74 Å². The van der Waals surface area contributed by atoms with Gasteiger partial charge in [-0.15, -0.1) is 0 Å². The predicted octanol–water partition coefficient (Wildman–Crippen LogP) is 3.20. The first-order valence-electron chi connectivity index (χ1n) is 8.46. The van der Waals surface area contributed by atoms with Crippen LogP contribution in [0.25, 0.3) is 0 Å². The molecule has 0 atom stereocenters. The Morgan fingerprint density at radius 1 is 1.17 bits per heavy atom. The second-order valence-electron chi connectivity index (χ2n) is 6.11. The van der Waals surface area contributed by atoms with Gasteiger partial charge in [-0.2, -0.15) is 0 Å². The van der Waals surface area contributed by atoms with Crippen LogP contribution >= 0.6 is 0 Å². The van der Waals surface area contributed by atoms with Crippen molar-refractivity contribution in [1.29, 1.82) is 0 Å². The number of anilines is 1. The number of benzene rings is 2. The third kappa shape index (κ3) is 4.64. The van der Waals surface area contributed by atoms with E-state index in [1.165, 1.54) is 60.3 Å². The van der Waals surface area contributed by atoms with Crippen LogP contribution in [0.3, 0.4) is 0 Å². The number of amides is 1. The molecule has 0 radical (unpaired) electrons. The number of methoxy groups -OCH3 is 1. The molecule has 1 aromatic heterocycles. The summed E-state index contributed by atoms with van der Waals surface area (Å²) in [6.45, 7) is 0.153. The fourth-order valence-electron chi connectivity index (χ4n) is 2.68. The van der Waals surface area contributed by atoms with Crippen LogP contribution in [-0.4, -0.2) is 22.5 Å². The molecule has 8 nitrogen and oxygen atoms in total. The summed E-state index contributed by atoms with van der Waals surface area (Å²) in [4.78, 5) is 35.1. The molecule has 2 aromatic carbocycles. The number of nitrogens with zero attached hydrogens (tertiary/aromatic N) is 2. The van der Waals surface area contributed by atoms with E-state index in [0.717, 1.165) is 0 Å². The molecule has 1 heterocycles. The van der Waals surface area contributed by atoms with Gasteiger partial charge in [-0.1, -0.05) is 12.1 Å². The van der Waals surface area contributed by atoms with Gasteiger partial charge in [0.1, 0.15) is 11.6 Å². The van der Waals surface area contributed by atoms with E-state index < -0.39 is 10.8 Å². The highest BCUT2D eigenvalue weighted by molar-refractivity contribution is 6.05. The summed E-state index contributed by atoms with van der Waals surface area (Å²) in [6, 6.07) is 12.1. The minimum Gasteiger partial charge on any atom is -0.495 e. The predicted molar refractivity (Wildman–Crippen MR) is 104 cm³/mol. The zero-order valence-electron chi connectivity index (χ0n) is 15.3. The van der Waals surface area contributed by atoms with E-state index in [9.17, 15) is 24.1 Å². The van der Waals surface area contributed by atoms with Gasteiger partial charge in [0.05, 0.1) is 29.8 Å². The van der Waals surface area contributed by atoms with E-state index in [-0.39, 0.29) is 40.6 Å². The Morgan fingerprint density at radius 3 is 2.55 bits per heavy atom. The van der Waals surface area contributed by atoms with Crippen LogP contribution < -0.4 is 15.6 Å². The Bertz CT molecular complexity index is 1130. The minimum atomic E-state index is -0.585. The molecule has 0 aliphatic rings. The number of pyridine rings is 1. The van der Waals surface area contributed by atoms with Crippen molar-refractivity contribution in [2.45, 2.75) is 6.54 Å². The number of nitro benzene ring substituents is 1. The zero-order valence-corrected chi connectivity index (χ0v) is 15.3. The van der Waals surface area contributed by atoms with E-state index >= 15 is 0 Å². The van der Waals surface area contributed by atoms with Gasteiger partial charge in [0.15, 0.2) is 0 Å². The molecule has 0 spiro atoms. The van der Waals surface area contributed by atoms with Gasteiger partial charge in [-0.3, -0.25) is 19.7 Å². The smallest absolute Gasteiger partial charge is 0.271 e. The third-order valence-corrected chi connectivity index (χ3v) is 4.15. The van der Waals surface area contributed by atoms with Crippen LogP contribution in [0.2, 0.25) is 0 Å². The average molecular weight is 397 g/mol. The standard InChI is InChI=1S/C20H16FN3O5/c1-29-18-8-7-16(24(27)28)10-17(18)22-20(26)14-4-9-19(25)23(12-14)11-13-2-5-15(21)6-3-13/h2-10,12H,11H2,1H3,(H,22,26). The monoisotopic (exact) mass is 397 g/mol. The SMILES string of the molecule is COc1ccc([N+](=O)[O-])cc1NC(=O)c1ccc(=O)n(Cc2ccc(F)cc2)c1. The molecule has 0 saturated heterocycles.